The van der Waals surface area contributed by atoms with Gasteiger partial charge in [0.15, 0.2) is 0 Å². The molecule has 112 valence electrons. The Bertz CT molecular complexity index is 665. The van der Waals surface area contributed by atoms with Crippen LogP contribution in [0.1, 0.15) is 6.92 Å². The van der Waals surface area contributed by atoms with E-state index in [2.05, 4.69) is 0 Å². The third-order valence-corrected chi connectivity index (χ3v) is 3.95. The summed E-state index contributed by atoms with van der Waals surface area (Å²) in [5, 5.41) is -0.974. The molecular weight excluding hydrogens is 292 g/mol. The molecule has 2 aromatic carbocycles. The molecule has 5 nitrogen and oxygen atoms in total. The summed E-state index contributed by atoms with van der Waals surface area (Å²) in [6.45, 7) is 1.26. The second-order valence-corrected chi connectivity index (χ2v) is 6.36. The van der Waals surface area contributed by atoms with Gasteiger partial charge in [-0.05, 0) is 43.3 Å². The van der Waals surface area contributed by atoms with Gasteiger partial charge in [-0.2, -0.15) is 8.42 Å². The van der Waals surface area contributed by atoms with E-state index in [0.29, 0.717) is 11.5 Å². The fourth-order valence-electron chi connectivity index (χ4n) is 1.53. The zero-order chi connectivity index (χ0) is 15.3. The van der Waals surface area contributed by atoms with Gasteiger partial charge in [-0.15, -0.1) is 0 Å². The van der Waals surface area contributed by atoms with Crippen molar-refractivity contribution >= 4 is 10.1 Å². The Morgan fingerprint density at radius 2 is 1.48 bits per heavy atom. The van der Waals surface area contributed by atoms with Crippen LogP contribution in [0.5, 0.6) is 17.2 Å². The highest BCUT2D eigenvalue weighted by Gasteiger charge is 2.17. The molecule has 0 fully saturated rings. The molecule has 0 radical (unpaired) electrons. The monoisotopic (exact) mass is 308 g/mol. The molecule has 2 rings (SSSR count). The number of hydrogen-bond acceptors (Lipinski definition) is 4. The molecule has 21 heavy (non-hydrogen) atoms. The Morgan fingerprint density at radius 3 is 2.05 bits per heavy atom. The fraction of sp³-hybridized carbons (Fsp3) is 0.200. The van der Waals surface area contributed by atoms with Gasteiger partial charge in [0.05, 0.1) is 0 Å². The molecule has 0 saturated heterocycles. The first-order valence-corrected chi connectivity index (χ1v) is 7.87. The molecule has 6 heteroatoms. The summed E-state index contributed by atoms with van der Waals surface area (Å²) < 4.78 is 41.5. The van der Waals surface area contributed by atoms with Crippen molar-refractivity contribution in [2.45, 2.75) is 12.2 Å². The molecule has 0 spiro atoms. The highest BCUT2D eigenvalue weighted by Crippen LogP contribution is 2.23. The maximum Gasteiger partial charge on any atom is 0.270 e. The lowest BCUT2D eigenvalue weighted by Crippen LogP contribution is -2.24. The van der Waals surface area contributed by atoms with E-state index in [1.807, 2.05) is 30.3 Å². The van der Waals surface area contributed by atoms with Gasteiger partial charge in [0.2, 0.25) is 0 Å². The zero-order valence-corrected chi connectivity index (χ0v) is 12.3. The van der Waals surface area contributed by atoms with Crippen LogP contribution in [0.15, 0.2) is 54.6 Å². The third kappa shape index (κ3) is 4.77. The number of para-hydroxylation sites is 1. The fourth-order valence-corrected chi connectivity index (χ4v) is 1.77. The Hall–Kier alpha value is -2.05. The van der Waals surface area contributed by atoms with Crippen molar-refractivity contribution in [3.05, 3.63) is 54.6 Å². The minimum Gasteiger partial charge on any atom is -0.492 e. The van der Waals surface area contributed by atoms with E-state index in [0.717, 1.165) is 5.75 Å². The maximum atomic E-state index is 10.9. The molecular formula is C15H16O5S. The predicted molar refractivity (Wildman–Crippen MR) is 79.5 cm³/mol. The molecule has 2 aromatic rings. The molecule has 0 aliphatic heterocycles. The van der Waals surface area contributed by atoms with Crippen molar-refractivity contribution in [3.63, 3.8) is 0 Å². The Kier molecular flexibility index (Phi) is 4.82. The van der Waals surface area contributed by atoms with Crippen molar-refractivity contribution < 1.29 is 22.4 Å². The second-order valence-electron chi connectivity index (χ2n) is 4.52. The van der Waals surface area contributed by atoms with Gasteiger partial charge in [-0.1, -0.05) is 18.2 Å². The van der Waals surface area contributed by atoms with Gasteiger partial charge in [0.25, 0.3) is 10.1 Å². The Balaban J connectivity index is 1.93. The maximum absolute atomic E-state index is 10.9. The molecule has 1 unspecified atom stereocenters. The van der Waals surface area contributed by atoms with E-state index in [-0.39, 0.29) is 6.61 Å². The molecule has 0 amide bonds. The smallest absolute Gasteiger partial charge is 0.270 e. The van der Waals surface area contributed by atoms with Crippen LogP contribution in [0, 0.1) is 0 Å². The first kappa shape index (κ1) is 15.3. The summed E-state index contributed by atoms with van der Waals surface area (Å²) in [5.74, 6) is 1.88. The zero-order valence-electron chi connectivity index (χ0n) is 11.5. The standard InChI is InChI=1S/C15H16O5S/c1-12(21(16,17)18)11-19-13-7-9-15(10-8-13)20-14-5-3-2-4-6-14/h2-10,12H,11H2,1H3,(H,16,17,18). The summed E-state index contributed by atoms with van der Waals surface area (Å²) in [6, 6.07) is 16.1. The van der Waals surface area contributed by atoms with Crippen molar-refractivity contribution in [2.75, 3.05) is 6.61 Å². The SMILES string of the molecule is CC(COc1ccc(Oc2ccccc2)cc1)S(=O)(=O)O. The average molecular weight is 308 g/mol. The molecule has 1 N–H and O–H groups in total. The van der Waals surface area contributed by atoms with Crippen molar-refractivity contribution in [1.82, 2.24) is 0 Å². The Morgan fingerprint density at radius 1 is 0.952 bits per heavy atom. The second kappa shape index (κ2) is 6.60. The van der Waals surface area contributed by atoms with Gasteiger partial charge >= 0.3 is 0 Å². The lowest BCUT2D eigenvalue weighted by molar-refractivity contribution is 0.310. The van der Waals surface area contributed by atoms with Crippen LogP contribution in [0.3, 0.4) is 0 Å². The van der Waals surface area contributed by atoms with Gasteiger partial charge in [-0.25, -0.2) is 0 Å². The summed E-state index contributed by atoms with van der Waals surface area (Å²) in [7, 11) is -4.07. The average Bonchev–Trinajstić information content (AvgIpc) is 2.46. The van der Waals surface area contributed by atoms with Crippen LogP contribution in [0.2, 0.25) is 0 Å². The third-order valence-electron chi connectivity index (χ3n) is 2.80. The van der Waals surface area contributed by atoms with E-state index < -0.39 is 15.4 Å². The molecule has 0 heterocycles. The summed E-state index contributed by atoms with van der Waals surface area (Å²) in [5.41, 5.74) is 0. The van der Waals surface area contributed by atoms with E-state index in [1.165, 1.54) is 6.92 Å². The lowest BCUT2D eigenvalue weighted by atomic mass is 10.3. The minimum absolute atomic E-state index is 0.113. The lowest BCUT2D eigenvalue weighted by Gasteiger charge is -2.11. The number of rotatable bonds is 6. The normalized spacial score (nSPS) is 12.7. The summed E-state index contributed by atoms with van der Waals surface area (Å²) in [6.07, 6.45) is 0. The summed E-state index contributed by atoms with van der Waals surface area (Å²) in [4.78, 5) is 0. The van der Waals surface area contributed by atoms with Crippen molar-refractivity contribution in [1.29, 1.82) is 0 Å². The predicted octanol–water partition coefficient (Wildman–Crippen LogP) is 3.13. The van der Waals surface area contributed by atoms with E-state index in [1.54, 1.807) is 24.3 Å². The first-order chi connectivity index (χ1) is 9.95. The Labute approximate surface area is 123 Å². The minimum atomic E-state index is -4.07. The molecule has 1 atom stereocenters. The highest BCUT2D eigenvalue weighted by atomic mass is 32.2. The van der Waals surface area contributed by atoms with E-state index in [9.17, 15) is 8.42 Å². The van der Waals surface area contributed by atoms with Gasteiger partial charge < -0.3 is 9.47 Å². The van der Waals surface area contributed by atoms with Gasteiger partial charge in [0.1, 0.15) is 29.1 Å². The highest BCUT2D eigenvalue weighted by molar-refractivity contribution is 7.86. The molecule has 0 aliphatic rings. The quantitative estimate of drug-likeness (QED) is 0.830. The molecule has 0 saturated carbocycles. The summed E-state index contributed by atoms with van der Waals surface area (Å²) >= 11 is 0. The first-order valence-electron chi connectivity index (χ1n) is 6.37. The molecule has 0 aromatic heterocycles. The number of hydrogen-bond donors (Lipinski definition) is 1. The van der Waals surface area contributed by atoms with Crippen LogP contribution in [0.25, 0.3) is 0 Å². The van der Waals surface area contributed by atoms with Crippen molar-refractivity contribution in [3.8, 4) is 17.2 Å². The topological polar surface area (TPSA) is 72.8 Å². The number of ether oxygens (including phenoxy) is 2. The largest absolute Gasteiger partial charge is 0.492 e. The van der Waals surface area contributed by atoms with Crippen LogP contribution in [-0.2, 0) is 10.1 Å². The molecule has 0 aliphatic carbocycles. The van der Waals surface area contributed by atoms with Crippen LogP contribution in [0.4, 0.5) is 0 Å². The van der Waals surface area contributed by atoms with Crippen molar-refractivity contribution in [2.24, 2.45) is 0 Å². The van der Waals surface area contributed by atoms with Gasteiger partial charge in [-0.3, -0.25) is 4.55 Å². The number of benzene rings is 2. The van der Waals surface area contributed by atoms with Crippen LogP contribution >= 0.6 is 0 Å². The van der Waals surface area contributed by atoms with Crippen LogP contribution < -0.4 is 9.47 Å². The van der Waals surface area contributed by atoms with Crippen LogP contribution in [-0.4, -0.2) is 24.8 Å². The van der Waals surface area contributed by atoms with Gasteiger partial charge in [0, 0.05) is 0 Å². The van der Waals surface area contributed by atoms with E-state index >= 15 is 0 Å². The van der Waals surface area contributed by atoms with E-state index in [4.69, 9.17) is 14.0 Å². The molecule has 0 bridgehead atoms.